The molecule has 0 bridgehead atoms. The van der Waals surface area contributed by atoms with Crippen LogP contribution in [0.5, 0.6) is 5.75 Å². The number of nitrogens with zero attached hydrogens (tertiary/aromatic N) is 2. The van der Waals surface area contributed by atoms with E-state index < -0.39 is 0 Å². The Morgan fingerprint density at radius 1 is 1.35 bits per heavy atom. The quantitative estimate of drug-likeness (QED) is 0.619. The number of ether oxygens (including phenoxy) is 1. The summed E-state index contributed by atoms with van der Waals surface area (Å²) in [6, 6.07) is 5.56. The Balaban J connectivity index is 0.00000242. The molecule has 1 aliphatic rings. The highest BCUT2D eigenvalue weighted by Crippen LogP contribution is 2.33. The van der Waals surface area contributed by atoms with Crippen LogP contribution < -0.4 is 10.1 Å². The topological polar surface area (TPSA) is 67.6 Å². The molecule has 1 aromatic rings. The van der Waals surface area contributed by atoms with Crippen LogP contribution in [0.2, 0.25) is 0 Å². The normalized spacial score (nSPS) is 15.9. The fourth-order valence-electron chi connectivity index (χ4n) is 2.88. The van der Waals surface area contributed by atoms with E-state index in [2.05, 4.69) is 17.1 Å². The number of hydrogen-bond acceptors (Lipinski definition) is 5. The molecule has 2 rings (SSSR count). The van der Waals surface area contributed by atoms with Crippen molar-refractivity contribution in [2.75, 3.05) is 33.3 Å². The van der Waals surface area contributed by atoms with Crippen molar-refractivity contribution in [2.45, 2.75) is 25.8 Å². The van der Waals surface area contributed by atoms with Crippen molar-refractivity contribution in [3.8, 4) is 5.75 Å². The molecular weight excluding hydrogens is 341 g/mol. The molecule has 8 heteroatoms. The lowest BCUT2D eigenvalue weighted by atomic mass is 9.99. The van der Waals surface area contributed by atoms with Crippen molar-refractivity contribution in [2.24, 2.45) is 0 Å². The average Bonchev–Trinajstić information content (AvgIpc) is 2.52. The number of halogens is 2. The van der Waals surface area contributed by atoms with Gasteiger partial charge in [-0.05, 0) is 18.1 Å². The first-order valence-electron chi connectivity index (χ1n) is 7.44. The molecule has 0 unspecified atom stereocenters. The Bertz CT molecular complexity index is 497. The number of nitrogens with one attached hydrogen (secondary N) is 1. The highest BCUT2D eigenvalue weighted by atomic mass is 35.5. The van der Waals surface area contributed by atoms with E-state index >= 15 is 0 Å². The summed E-state index contributed by atoms with van der Waals surface area (Å²) in [5.74, 6) is 0.319. The number of methoxy groups -OCH3 is 1. The summed E-state index contributed by atoms with van der Waals surface area (Å²) in [6.45, 7) is 6.04. The molecule has 132 valence electrons. The molecule has 1 atom stereocenters. The first kappa shape index (κ1) is 21.9. The number of nitro groups is 1. The van der Waals surface area contributed by atoms with Crippen LogP contribution in [-0.4, -0.2) is 43.1 Å². The predicted octanol–water partition coefficient (Wildman–Crippen LogP) is 3.19. The van der Waals surface area contributed by atoms with E-state index in [-0.39, 0.29) is 41.5 Å². The van der Waals surface area contributed by atoms with Gasteiger partial charge in [-0.1, -0.05) is 19.4 Å². The Kier molecular flexibility index (Phi) is 10.1. The molecule has 1 N–H and O–H groups in total. The van der Waals surface area contributed by atoms with Crippen molar-refractivity contribution in [1.82, 2.24) is 10.2 Å². The third kappa shape index (κ3) is 5.49. The second-order valence-corrected chi connectivity index (χ2v) is 5.28. The van der Waals surface area contributed by atoms with Crippen LogP contribution in [0.25, 0.3) is 0 Å². The van der Waals surface area contributed by atoms with Gasteiger partial charge in [-0.3, -0.25) is 15.0 Å². The highest BCUT2D eigenvalue weighted by Gasteiger charge is 2.24. The van der Waals surface area contributed by atoms with Crippen molar-refractivity contribution in [3.05, 3.63) is 33.9 Å². The van der Waals surface area contributed by atoms with Gasteiger partial charge in [-0.2, -0.15) is 0 Å². The summed E-state index contributed by atoms with van der Waals surface area (Å²) < 4.78 is 5.08. The van der Waals surface area contributed by atoms with Crippen molar-refractivity contribution >= 4 is 30.5 Å². The van der Waals surface area contributed by atoms with Gasteiger partial charge < -0.3 is 10.1 Å². The van der Waals surface area contributed by atoms with E-state index in [0.29, 0.717) is 5.75 Å². The number of nitro benzene ring substituents is 1. The third-order valence-corrected chi connectivity index (χ3v) is 3.94. The zero-order chi connectivity index (χ0) is 15.2. The van der Waals surface area contributed by atoms with Gasteiger partial charge in [-0.15, -0.1) is 24.8 Å². The van der Waals surface area contributed by atoms with Gasteiger partial charge in [0, 0.05) is 38.3 Å². The van der Waals surface area contributed by atoms with Gasteiger partial charge in [0.25, 0.3) is 0 Å². The smallest absolute Gasteiger partial charge is 0.311 e. The zero-order valence-corrected chi connectivity index (χ0v) is 15.1. The van der Waals surface area contributed by atoms with Crippen LogP contribution in [0.3, 0.4) is 0 Å². The maximum atomic E-state index is 11.2. The monoisotopic (exact) mass is 365 g/mol. The van der Waals surface area contributed by atoms with Crippen LogP contribution in [-0.2, 0) is 0 Å². The fourth-order valence-corrected chi connectivity index (χ4v) is 2.88. The summed E-state index contributed by atoms with van der Waals surface area (Å²) >= 11 is 0. The lowest BCUT2D eigenvalue weighted by molar-refractivity contribution is -0.385. The van der Waals surface area contributed by atoms with E-state index in [4.69, 9.17) is 4.74 Å². The summed E-state index contributed by atoms with van der Waals surface area (Å²) in [4.78, 5) is 13.2. The van der Waals surface area contributed by atoms with Gasteiger partial charge in [0.2, 0.25) is 0 Å². The average molecular weight is 366 g/mol. The lowest BCUT2D eigenvalue weighted by Crippen LogP contribution is -2.45. The van der Waals surface area contributed by atoms with E-state index in [9.17, 15) is 10.1 Å². The summed E-state index contributed by atoms with van der Waals surface area (Å²) in [5.41, 5.74) is 1.05. The molecule has 1 aromatic carbocycles. The largest absolute Gasteiger partial charge is 0.490 e. The van der Waals surface area contributed by atoms with Crippen LogP contribution in [0.1, 0.15) is 31.4 Å². The number of benzene rings is 1. The standard InChI is InChI=1S/C15H23N3O3.2ClH/c1-3-4-13(17-9-7-16-8-10-17)12-5-6-15(21-2)14(11-12)18(19)20;;/h5-6,11,13,16H,3-4,7-10H2,1-2H3;2*1H/t13-;;/m0../s1. The first-order valence-corrected chi connectivity index (χ1v) is 7.44. The molecule has 0 aliphatic carbocycles. The Labute approximate surface area is 149 Å². The molecule has 0 amide bonds. The lowest BCUT2D eigenvalue weighted by Gasteiger charge is -2.35. The predicted molar refractivity (Wildman–Crippen MR) is 96.2 cm³/mol. The highest BCUT2D eigenvalue weighted by molar-refractivity contribution is 5.85. The fraction of sp³-hybridized carbons (Fsp3) is 0.600. The molecule has 1 heterocycles. The summed E-state index contributed by atoms with van der Waals surface area (Å²) in [7, 11) is 1.46. The van der Waals surface area contributed by atoms with Crippen molar-refractivity contribution in [3.63, 3.8) is 0 Å². The summed E-state index contributed by atoms with van der Waals surface area (Å²) in [6.07, 6.45) is 2.05. The maximum absolute atomic E-state index is 11.2. The second-order valence-electron chi connectivity index (χ2n) is 5.28. The minimum Gasteiger partial charge on any atom is -0.490 e. The third-order valence-electron chi connectivity index (χ3n) is 3.94. The minimum absolute atomic E-state index is 0. The summed E-state index contributed by atoms with van der Waals surface area (Å²) in [5, 5.41) is 14.5. The molecule has 1 aliphatic heterocycles. The number of hydrogen-bond donors (Lipinski definition) is 1. The van der Waals surface area contributed by atoms with Crippen LogP contribution in [0, 0.1) is 10.1 Å². The molecule has 0 saturated carbocycles. The number of piperazine rings is 1. The first-order chi connectivity index (χ1) is 10.2. The molecule has 6 nitrogen and oxygen atoms in total. The van der Waals surface area contributed by atoms with Gasteiger partial charge in [0.1, 0.15) is 0 Å². The van der Waals surface area contributed by atoms with E-state index in [0.717, 1.165) is 44.6 Å². The maximum Gasteiger partial charge on any atom is 0.311 e. The molecule has 1 fully saturated rings. The van der Waals surface area contributed by atoms with Crippen molar-refractivity contribution < 1.29 is 9.66 Å². The van der Waals surface area contributed by atoms with Gasteiger partial charge in [0.05, 0.1) is 12.0 Å². The minimum atomic E-state index is -0.372. The van der Waals surface area contributed by atoms with Crippen LogP contribution in [0.15, 0.2) is 18.2 Å². The SMILES string of the molecule is CCC[C@@H](c1ccc(OC)c([N+](=O)[O-])c1)N1CCNCC1.Cl.Cl. The Morgan fingerprint density at radius 3 is 2.52 bits per heavy atom. The molecule has 0 radical (unpaired) electrons. The van der Waals surface area contributed by atoms with E-state index in [1.54, 1.807) is 12.1 Å². The molecular formula is C15H25Cl2N3O3. The van der Waals surface area contributed by atoms with Gasteiger partial charge in [0.15, 0.2) is 5.75 Å². The van der Waals surface area contributed by atoms with Gasteiger partial charge >= 0.3 is 5.69 Å². The molecule has 0 spiro atoms. The Morgan fingerprint density at radius 2 is 2.00 bits per heavy atom. The zero-order valence-electron chi connectivity index (χ0n) is 13.5. The molecule has 0 aromatic heterocycles. The number of rotatable bonds is 6. The van der Waals surface area contributed by atoms with Gasteiger partial charge in [-0.25, -0.2) is 0 Å². The molecule has 1 saturated heterocycles. The Hall–Kier alpha value is -1.08. The van der Waals surface area contributed by atoms with Crippen LogP contribution in [0.4, 0.5) is 5.69 Å². The second kappa shape index (κ2) is 10.6. The van der Waals surface area contributed by atoms with Crippen molar-refractivity contribution in [1.29, 1.82) is 0 Å². The van der Waals surface area contributed by atoms with Crippen LogP contribution >= 0.6 is 24.8 Å². The molecule has 23 heavy (non-hydrogen) atoms. The van der Waals surface area contributed by atoms with E-state index in [1.807, 2.05) is 6.07 Å². The van der Waals surface area contributed by atoms with E-state index in [1.165, 1.54) is 7.11 Å².